The largest absolute Gasteiger partial charge is 0.480 e. The third-order valence-corrected chi connectivity index (χ3v) is 7.67. The number of halogens is 2. The summed E-state index contributed by atoms with van der Waals surface area (Å²) in [6.45, 7) is 0. The molecule has 0 fully saturated rings. The zero-order chi connectivity index (χ0) is 24.6. The molecule has 0 aliphatic rings. The van der Waals surface area contributed by atoms with Gasteiger partial charge < -0.3 is 4.74 Å². The standard InChI is InChI=1S/C23H15F2N5O3S2/c1-33-23-19(30-35(31,32)21-3-2-15(24)9-17(21)25)8-14(11-27-23)16-5-6-26-18-10-20(34-22(16)18)13-4-7-28-29-12-13/h2-12,30H,1H3. The Morgan fingerprint density at radius 1 is 0.943 bits per heavy atom. The van der Waals surface area contributed by atoms with Gasteiger partial charge in [-0.3, -0.25) is 9.71 Å². The van der Waals surface area contributed by atoms with Gasteiger partial charge in [0.05, 0.1) is 29.7 Å². The Balaban J connectivity index is 1.58. The van der Waals surface area contributed by atoms with E-state index in [1.54, 1.807) is 24.7 Å². The van der Waals surface area contributed by atoms with Crippen molar-refractivity contribution in [1.82, 2.24) is 20.2 Å². The average Bonchev–Trinajstić information content (AvgIpc) is 3.29. The van der Waals surface area contributed by atoms with Crippen molar-refractivity contribution in [2.75, 3.05) is 11.8 Å². The molecule has 5 aromatic rings. The van der Waals surface area contributed by atoms with Crippen LogP contribution in [-0.2, 0) is 10.0 Å². The molecule has 0 aliphatic heterocycles. The Hall–Kier alpha value is -4.03. The van der Waals surface area contributed by atoms with E-state index in [1.807, 2.05) is 12.1 Å². The first-order valence-corrected chi connectivity index (χ1v) is 12.3. The normalized spacial score (nSPS) is 11.5. The van der Waals surface area contributed by atoms with E-state index in [0.29, 0.717) is 11.6 Å². The van der Waals surface area contributed by atoms with Crippen LogP contribution in [0.5, 0.6) is 5.88 Å². The lowest BCUT2D eigenvalue weighted by atomic mass is 10.1. The molecule has 4 aromatic heterocycles. The van der Waals surface area contributed by atoms with Gasteiger partial charge in [0.1, 0.15) is 22.2 Å². The first kappa shape index (κ1) is 22.7. The summed E-state index contributed by atoms with van der Waals surface area (Å²) in [6, 6.07) is 9.31. The van der Waals surface area contributed by atoms with Crippen LogP contribution in [0.3, 0.4) is 0 Å². The van der Waals surface area contributed by atoms with E-state index in [1.165, 1.54) is 30.7 Å². The van der Waals surface area contributed by atoms with Crippen molar-refractivity contribution in [3.05, 3.63) is 78.9 Å². The minimum Gasteiger partial charge on any atom is -0.480 e. The number of hydrogen-bond acceptors (Lipinski definition) is 8. The van der Waals surface area contributed by atoms with Crippen LogP contribution in [0.25, 0.3) is 31.8 Å². The molecule has 0 bridgehead atoms. The van der Waals surface area contributed by atoms with E-state index in [-0.39, 0.29) is 11.6 Å². The number of benzene rings is 1. The van der Waals surface area contributed by atoms with E-state index >= 15 is 0 Å². The Morgan fingerprint density at radius 3 is 2.54 bits per heavy atom. The predicted octanol–water partition coefficient (Wildman–Crippen LogP) is 4.90. The molecule has 1 N–H and O–H groups in total. The number of anilines is 1. The first-order chi connectivity index (χ1) is 16.9. The van der Waals surface area contributed by atoms with E-state index in [2.05, 4.69) is 24.9 Å². The maximum absolute atomic E-state index is 14.2. The molecule has 0 spiro atoms. The molecular weight excluding hydrogens is 496 g/mol. The van der Waals surface area contributed by atoms with E-state index < -0.39 is 26.6 Å². The van der Waals surface area contributed by atoms with Crippen LogP contribution in [0.1, 0.15) is 0 Å². The van der Waals surface area contributed by atoms with Crippen molar-refractivity contribution in [2.45, 2.75) is 4.90 Å². The van der Waals surface area contributed by atoms with Crippen molar-refractivity contribution in [1.29, 1.82) is 0 Å². The molecule has 0 atom stereocenters. The number of methoxy groups -OCH3 is 1. The van der Waals surface area contributed by atoms with Crippen molar-refractivity contribution in [2.24, 2.45) is 0 Å². The maximum atomic E-state index is 14.2. The number of ether oxygens (including phenoxy) is 1. The number of hydrogen-bond donors (Lipinski definition) is 1. The molecule has 176 valence electrons. The molecule has 0 aliphatic carbocycles. The Kier molecular flexibility index (Phi) is 5.83. The van der Waals surface area contributed by atoms with Gasteiger partial charge >= 0.3 is 0 Å². The molecule has 8 nitrogen and oxygen atoms in total. The number of thiophene rings is 1. The van der Waals surface area contributed by atoms with Crippen LogP contribution in [0.4, 0.5) is 14.5 Å². The molecule has 0 saturated heterocycles. The highest BCUT2D eigenvalue weighted by Gasteiger charge is 2.22. The number of pyridine rings is 2. The van der Waals surface area contributed by atoms with Gasteiger partial charge in [0.25, 0.3) is 10.0 Å². The molecular formula is C23H15F2N5O3S2. The topological polar surface area (TPSA) is 107 Å². The Bertz CT molecular complexity index is 1660. The average molecular weight is 512 g/mol. The summed E-state index contributed by atoms with van der Waals surface area (Å²) in [5, 5.41) is 7.71. The minimum atomic E-state index is -4.40. The van der Waals surface area contributed by atoms with Crippen molar-refractivity contribution >= 4 is 37.3 Å². The molecule has 12 heteroatoms. The fourth-order valence-corrected chi connectivity index (χ4v) is 5.72. The second-order valence-corrected chi connectivity index (χ2v) is 9.98. The van der Waals surface area contributed by atoms with Crippen LogP contribution in [0.2, 0.25) is 0 Å². The summed E-state index contributed by atoms with van der Waals surface area (Å²) in [5.74, 6) is -2.12. The monoisotopic (exact) mass is 511 g/mol. The van der Waals surface area contributed by atoms with Crippen molar-refractivity contribution in [3.8, 4) is 27.4 Å². The summed E-state index contributed by atoms with van der Waals surface area (Å²) >= 11 is 1.49. The lowest BCUT2D eigenvalue weighted by Gasteiger charge is -2.13. The summed E-state index contributed by atoms with van der Waals surface area (Å²) in [4.78, 5) is 8.89. The zero-order valence-corrected chi connectivity index (χ0v) is 19.6. The molecule has 0 radical (unpaired) electrons. The van der Waals surface area contributed by atoms with Gasteiger partial charge in [0.15, 0.2) is 0 Å². The van der Waals surface area contributed by atoms with Crippen LogP contribution in [0, 0.1) is 11.6 Å². The van der Waals surface area contributed by atoms with Gasteiger partial charge in [-0.15, -0.1) is 11.3 Å². The first-order valence-electron chi connectivity index (χ1n) is 10.0. The number of fused-ring (bicyclic) bond motifs is 1. The third kappa shape index (κ3) is 4.40. The van der Waals surface area contributed by atoms with Gasteiger partial charge in [-0.05, 0) is 36.4 Å². The van der Waals surface area contributed by atoms with Crippen LogP contribution in [-0.4, -0.2) is 35.7 Å². The second kappa shape index (κ2) is 8.96. The highest BCUT2D eigenvalue weighted by atomic mass is 32.2. The lowest BCUT2D eigenvalue weighted by Crippen LogP contribution is -2.15. The van der Waals surface area contributed by atoms with Gasteiger partial charge in [-0.1, -0.05) is 0 Å². The van der Waals surface area contributed by atoms with Crippen molar-refractivity contribution in [3.63, 3.8) is 0 Å². The molecule has 5 rings (SSSR count). The maximum Gasteiger partial charge on any atom is 0.264 e. The van der Waals surface area contributed by atoms with Crippen LogP contribution < -0.4 is 9.46 Å². The van der Waals surface area contributed by atoms with Gasteiger partial charge in [0, 0.05) is 40.0 Å². The Morgan fingerprint density at radius 2 is 1.80 bits per heavy atom. The Labute approximate surface area is 202 Å². The molecule has 1 aromatic carbocycles. The van der Waals surface area contributed by atoms with Crippen LogP contribution >= 0.6 is 11.3 Å². The quantitative estimate of drug-likeness (QED) is 0.345. The minimum absolute atomic E-state index is 0.00574. The summed E-state index contributed by atoms with van der Waals surface area (Å²) < 4.78 is 61.5. The van der Waals surface area contributed by atoms with E-state index in [9.17, 15) is 17.2 Å². The molecule has 0 saturated carbocycles. The predicted molar refractivity (Wildman–Crippen MR) is 128 cm³/mol. The van der Waals surface area contributed by atoms with Crippen LogP contribution in [0.15, 0.2) is 72.1 Å². The molecule has 35 heavy (non-hydrogen) atoms. The fraction of sp³-hybridized carbons (Fsp3) is 0.0435. The third-order valence-electron chi connectivity index (χ3n) is 5.06. The number of sulfonamides is 1. The number of nitrogens with one attached hydrogen (secondary N) is 1. The summed E-state index contributed by atoms with van der Waals surface area (Å²) in [7, 11) is -3.07. The fourth-order valence-electron chi connectivity index (χ4n) is 3.47. The number of rotatable bonds is 6. The highest BCUT2D eigenvalue weighted by molar-refractivity contribution is 7.92. The summed E-state index contributed by atoms with van der Waals surface area (Å²) in [6.07, 6.45) is 6.43. The van der Waals surface area contributed by atoms with Gasteiger partial charge in [-0.2, -0.15) is 10.2 Å². The summed E-state index contributed by atoms with van der Waals surface area (Å²) in [5.41, 5.74) is 2.96. The van der Waals surface area contributed by atoms with Gasteiger partial charge in [0.2, 0.25) is 5.88 Å². The van der Waals surface area contributed by atoms with Gasteiger partial charge in [-0.25, -0.2) is 22.2 Å². The highest BCUT2D eigenvalue weighted by Crippen LogP contribution is 2.39. The smallest absolute Gasteiger partial charge is 0.264 e. The zero-order valence-electron chi connectivity index (χ0n) is 17.9. The number of aromatic nitrogens is 4. The van der Waals surface area contributed by atoms with Crippen molar-refractivity contribution < 1.29 is 21.9 Å². The lowest BCUT2D eigenvalue weighted by molar-refractivity contribution is 0.400. The molecule has 4 heterocycles. The van der Waals surface area contributed by atoms with E-state index in [0.717, 1.165) is 38.4 Å². The molecule has 0 amide bonds. The molecule has 0 unspecified atom stereocenters. The van der Waals surface area contributed by atoms with E-state index in [4.69, 9.17) is 4.74 Å². The second-order valence-electron chi connectivity index (χ2n) is 7.28. The number of nitrogens with zero attached hydrogens (tertiary/aromatic N) is 4. The SMILES string of the molecule is COc1ncc(-c2ccnc3cc(-c4ccnnc4)sc23)cc1NS(=O)(=O)c1ccc(F)cc1F.